The Balaban J connectivity index is 0.00000364. The lowest BCUT2D eigenvalue weighted by atomic mass is 10.1. The average Bonchev–Trinajstić information content (AvgIpc) is 2.80. The fourth-order valence-corrected chi connectivity index (χ4v) is 3.31. The van der Waals surface area contributed by atoms with Crippen LogP contribution in [0.1, 0.15) is 36.4 Å². The summed E-state index contributed by atoms with van der Waals surface area (Å²) >= 11 is 12.2. The lowest BCUT2D eigenvalue weighted by Gasteiger charge is -2.18. The second kappa shape index (κ2) is 11.1. The molecule has 1 unspecified atom stereocenters. The van der Waals surface area contributed by atoms with Gasteiger partial charge in [-0.3, -0.25) is 4.68 Å². The minimum absolute atomic E-state index is 0. The number of hydrogen-bond acceptors (Lipinski definition) is 2. The summed E-state index contributed by atoms with van der Waals surface area (Å²) in [5, 5.41) is 12.5. The van der Waals surface area contributed by atoms with Gasteiger partial charge in [-0.15, -0.1) is 24.0 Å². The standard InChI is InChI=1S/C19H27Cl2N5.HI/c1-6-22-19(23-11-15-7-8-16(20)10-18(15)21)24-12(2)9-17-13(3)25-26(5)14(17)4;/h7-8,10,12H,6,9,11H2,1-5H3,(H2,22,23,24);1H. The Bertz CT molecular complexity index is 789. The summed E-state index contributed by atoms with van der Waals surface area (Å²) in [6.45, 7) is 9.63. The van der Waals surface area contributed by atoms with Crippen LogP contribution in [-0.4, -0.2) is 28.3 Å². The Hall–Kier alpha value is -0.990. The first-order valence-corrected chi connectivity index (χ1v) is 9.55. The smallest absolute Gasteiger partial charge is 0.191 e. The molecule has 1 aromatic carbocycles. The van der Waals surface area contributed by atoms with Gasteiger partial charge in [0.25, 0.3) is 0 Å². The van der Waals surface area contributed by atoms with Crippen molar-refractivity contribution in [3.05, 3.63) is 50.8 Å². The number of aromatic nitrogens is 2. The van der Waals surface area contributed by atoms with Crippen molar-refractivity contribution in [1.82, 2.24) is 20.4 Å². The third-order valence-corrected chi connectivity index (χ3v) is 4.91. The number of benzene rings is 1. The van der Waals surface area contributed by atoms with Crippen molar-refractivity contribution in [2.24, 2.45) is 12.0 Å². The van der Waals surface area contributed by atoms with Gasteiger partial charge >= 0.3 is 0 Å². The molecule has 0 saturated heterocycles. The molecule has 0 spiro atoms. The quantitative estimate of drug-likeness (QED) is 0.329. The van der Waals surface area contributed by atoms with Crippen LogP contribution < -0.4 is 10.6 Å². The molecule has 2 aromatic rings. The highest BCUT2D eigenvalue weighted by molar-refractivity contribution is 14.0. The summed E-state index contributed by atoms with van der Waals surface area (Å²) < 4.78 is 1.93. The van der Waals surface area contributed by atoms with Crippen LogP contribution in [0.4, 0.5) is 0 Å². The maximum atomic E-state index is 6.24. The Kier molecular flexibility index (Phi) is 9.90. The summed E-state index contributed by atoms with van der Waals surface area (Å²) in [5.41, 5.74) is 4.50. The minimum Gasteiger partial charge on any atom is -0.357 e. The minimum atomic E-state index is 0. The molecule has 0 aliphatic heterocycles. The Morgan fingerprint density at radius 1 is 1.30 bits per heavy atom. The van der Waals surface area contributed by atoms with Crippen molar-refractivity contribution in [3.8, 4) is 0 Å². The molecule has 1 heterocycles. The van der Waals surface area contributed by atoms with Gasteiger partial charge in [0.1, 0.15) is 0 Å². The van der Waals surface area contributed by atoms with Crippen LogP contribution in [0.3, 0.4) is 0 Å². The van der Waals surface area contributed by atoms with Crippen molar-refractivity contribution in [1.29, 1.82) is 0 Å². The monoisotopic (exact) mass is 523 g/mol. The molecule has 5 nitrogen and oxygen atoms in total. The summed E-state index contributed by atoms with van der Waals surface area (Å²) in [6, 6.07) is 5.69. The average molecular weight is 524 g/mol. The van der Waals surface area contributed by atoms with E-state index in [1.54, 1.807) is 6.07 Å². The largest absolute Gasteiger partial charge is 0.357 e. The van der Waals surface area contributed by atoms with Crippen LogP contribution in [0, 0.1) is 13.8 Å². The van der Waals surface area contributed by atoms with Gasteiger partial charge in [-0.1, -0.05) is 29.3 Å². The molecule has 0 aliphatic carbocycles. The van der Waals surface area contributed by atoms with Gasteiger partial charge in [0.05, 0.1) is 12.2 Å². The Morgan fingerprint density at radius 2 is 2.00 bits per heavy atom. The van der Waals surface area contributed by atoms with Gasteiger partial charge in [0.2, 0.25) is 0 Å². The van der Waals surface area contributed by atoms with E-state index in [2.05, 4.69) is 41.5 Å². The number of hydrogen-bond donors (Lipinski definition) is 2. The van der Waals surface area contributed by atoms with Gasteiger partial charge in [-0.2, -0.15) is 5.10 Å². The van der Waals surface area contributed by atoms with Crippen LogP contribution in [0.15, 0.2) is 23.2 Å². The molecule has 0 radical (unpaired) electrons. The molecule has 27 heavy (non-hydrogen) atoms. The summed E-state index contributed by atoms with van der Waals surface area (Å²) in [6.07, 6.45) is 0.887. The number of aryl methyl sites for hydroxylation is 2. The van der Waals surface area contributed by atoms with Crippen LogP contribution in [-0.2, 0) is 20.0 Å². The van der Waals surface area contributed by atoms with Crippen molar-refractivity contribution in [3.63, 3.8) is 0 Å². The van der Waals surface area contributed by atoms with E-state index in [-0.39, 0.29) is 30.0 Å². The zero-order valence-electron chi connectivity index (χ0n) is 16.4. The van der Waals surface area contributed by atoms with Crippen LogP contribution >= 0.6 is 47.2 Å². The van der Waals surface area contributed by atoms with E-state index in [1.165, 1.54) is 11.3 Å². The topological polar surface area (TPSA) is 54.2 Å². The third kappa shape index (κ3) is 6.84. The predicted molar refractivity (Wildman–Crippen MR) is 126 cm³/mol. The van der Waals surface area contributed by atoms with Gasteiger partial charge in [0, 0.05) is 35.4 Å². The number of nitrogens with zero attached hydrogens (tertiary/aromatic N) is 3. The molecule has 150 valence electrons. The van der Waals surface area contributed by atoms with Gasteiger partial charge in [-0.25, -0.2) is 4.99 Å². The summed E-state index contributed by atoms with van der Waals surface area (Å²) in [7, 11) is 1.98. The molecule has 2 N–H and O–H groups in total. The highest BCUT2D eigenvalue weighted by atomic mass is 127. The first-order valence-electron chi connectivity index (χ1n) is 8.79. The molecule has 0 amide bonds. The van der Waals surface area contributed by atoms with Crippen molar-refractivity contribution in [2.75, 3.05) is 6.54 Å². The summed E-state index contributed by atoms with van der Waals surface area (Å²) in [5.74, 6) is 0.769. The van der Waals surface area contributed by atoms with Crippen LogP contribution in [0.25, 0.3) is 0 Å². The molecule has 0 saturated carbocycles. The zero-order valence-corrected chi connectivity index (χ0v) is 20.3. The van der Waals surface area contributed by atoms with Gasteiger partial charge in [-0.05, 0) is 57.4 Å². The fraction of sp³-hybridized carbons (Fsp3) is 0.474. The fourth-order valence-electron chi connectivity index (χ4n) is 2.84. The molecule has 0 fully saturated rings. The maximum Gasteiger partial charge on any atom is 0.191 e. The second-order valence-corrected chi connectivity index (χ2v) is 7.30. The first kappa shape index (κ1) is 24.0. The van der Waals surface area contributed by atoms with Crippen LogP contribution in [0.2, 0.25) is 10.0 Å². The number of nitrogens with one attached hydrogen (secondary N) is 2. The first-order chi connectivity index (χ1) is 12.3. The van der Waals surface area contributed by atoms with Crippen LogP contribution in [0.5, 0.6) is 0 Å². The van der Waals surface area contributed by atoms with E-state index in [9.17, 15) is 0 Å². The van der Waals surface area contributed by atoms with Gasteiger partial charge < -0.3 is 10.6 Å². The van der Waals surface area contributed by atoms with Crippen molar-refractivity contribution >= 4 is 53.1 Å². The molecule has 1 atom stereocenters. The number of halogens is 3. The third-order valence-electron chi connectivity index (χ3n) is 4.32. The lowest BCUT2D eigenvalue weighted by molar-refractivity contribution is 0.636. The zero-order chi connectivity index (χ0) is 19.3. The number of guanidine groups is 1. The lowest BCUT2D eigenvalue weighted by Crippen LogP contribution is -2.43. The SMILES string of the molecule is CCNC(=NCc1ccc(Cl)cc1Cl)NC(C)Cc1c(C)nn(C)c1C.I. The predicted octanol–water partition coefficient (Wildman–Crippen LogP) is 4.65. The number of aliphatic imine (C=N–C) groups is 1. The molecule has 0 aliphatic rings. The normalized spacial score (nSPS) is 12.5. The van der Waals surface area contributed by atoms with E-state index in [0.717, 1.165) is 30.2 Å². The molecule has 0 bridgehead atoms. The Morgan fingerprint density at radius 3 is 2.56 bits per heavy atom. The second-order valence-electron chi connectivity index (χ2n) is 6.45. The highest BCUT2D eigenvalue weighted by Crippen LogP contribution is 2.21. The van der Waals surface area contributed by atoms with E-state index in [1.807, 2.05) is 30.8 Å². The van der Waals surface area contributed by atoms with Crippen molar-refractivity contribution < 1.29 is 0 Å². The molecule has 8 heteroatoms. The number of rotatable bonds is 6. The molecule has 1 aromatic heterocycles. The van der Waals surface area contributed by atoms with E-state index < -0.39 is 0 Å². The molecular formula is C19H28Cl2IN5. The van der Waals surface area contributed by atoms with E-state index >= 15 is 0 Å². The Labute approximate surface area is 188 Å². The van der Waals surface area contributed by atoms with E-state index in [4.69, 9.17) is 23.2 Å². The summed E-state index contributed by atoms with van der Waals surface area (Å²) in [4.78, 5) is 4.65. The molecule has 2 rings (SSSR count). The highest BCUT2D eigenvalue weighted by Gasteiger charge is 2.14. The van der Waals surface area contributed by atoms with Gasteiger partial charge in [0.15, 0.2) is 5.96 Å². The molecular weight excluding hydrogens is 496 g/mol. The maximum absolute atomic E-state index is 6.24. The van der Waals surface area contributed by atoms with E-state index in [0.29, 0.717) is 16.6 Å². The van der Waals surface area contributed by atoms with Crippen molar-refractivity contribution in [2.45, 2.75) is 46.7 Å².